The fourth-order valence-corrected chi connectivity index (χ4v) is 4.66. The van der Waals surface area contributed by atoms with Crippen LogP contribution in [0.1, 0.15) is 36.8 Å². The number of ether oxygens (including phenoxy) is 5. The van der Waals surface area contributed by atoms with E-state index >= 15 is 0 Å². The first-order chi connectivity index (χ1) is 16.3. The van der Waals surface area contributed by atoms with E-state index in [1.165, 1.54) is 4.90 Å². The Balaban J connectivity index is 1.36. The van der Waals surface area contributed by atoms with Crippen molar-refractivity contribution >= 4 is 6.09 Å². The largest absolute Gasteiger partial charge is 0.454 e. The number of halogens is 3. The minimum atomic E-state index is -4.59. The third-order valence-corrected chi connectivity index (χ3v) is 6.52. The van der Waals surface area contributed by atoms with Crippen molar-refractivity contribution in [2.24, 2.45) is 5.92 Å². The SMILES string of the molecule is CC(OC(=O)N1CCC(C(c2ccc3c(c2)OCO3)c2ccc3c(c2)OCO3)CC1)C(F)(F)F. The summed E-state index contributed by atoms with van der Waals surface area (Å²) < 4.78 is 65.0. The molecule has 1 saturated heterocycles. The van der Waals surface area contributed by atoms with Crippen molar-refractivity contribution in [3.8, 4) is 23.0 Å². The molecule has 3 aliphatic rings. The molecule has 7 nitrogen and oxygen atoms in total. The first kappa shape index (κ1) is 22.5. The van der Waals surface area contributed by atoms with Crippen molar-refractivity contribution in [1.82, 2.24) is 4.90 Å². The molecule has 182 valence electrons. The lowest BCUT2D eigenvalue weighted by molar-refractivity contribution is -0.199. The molecular weight excluding hydrogens is 455 g/mol. The van der Waals surface area contributed by atoms with E-state index in [1.807, 2.05) is 36.4 Å². The van der Waals surface area contributed by atoms with Gasteiger partial charge in [-0.15, -0.1) is 0 Å². The lowest BCUT2D eigenvalue weighted by atomic mass is 9.76. The summed E-state index contributed by atoms with van der Waals surface area (Å²) in [7, 11) is 0. The van der Waals surface area contributed by atoms with Crippen LogP contribution in [0.2, 0.25) is 0 Å². The van der Waals surface area contributed by atoms with E-state index in [1.54, 1.807) is 0 Å². The van der Waals surface area contributed by atoms with E-state index in [4.69, 9.17) is 18.9 Å². The van der Waals surface area contributed by atoms with Gasteiger partial charge in [0.15, 0.2) is 29.1 Å². The Bertz CT molecular complexity index is 1010. The number of nitrogens with zero attached hydrogens (tertiary/aromatic N) is 1. The molecule has 0 aromatic heterocycles. The van der Waals surface area contributed by atoms with Gasteiger partial charge in [-0.05, 0) is 61.1 Å². The average molecular weight is 479 g/mol. The maximum Gasteiger partial charge on any atom is 0.425 e. The van der Waals surface area contributed by atoms with Gasteiger partial charge in [-0.3, -0.25) is 0 Å². The van der Waals surface area contributed by atoms with Crippen molar-refractivity contribution in [1.29, 1.82) is 0 Å². The number of hydrogen-bond acceptors (Lipinski definition) is 6. The summed E-state index contributed by atoms with van der Waals surface area (Å²) >= 11 is 0. The number of carbonyl (C=O) groups is 1. The van der Waals surface area contributed by atoms with Crippen molar-refractivity contribution in [3.05, 3.63) is 47.5 Å². The van der Waals surface area contributed by atoms with Crippen LogP contribution in [0.15, 0.2) is 36.4 Å². The summed E-state index contributed by atoms with van der Waals surface area (Å²) in [6.45, 7) is 1.79. The molecule has 1 unspecified atom stereocenters. The highest BCUT2D eigenvalue weighted by molar-refractivity contribution is 5.68. The van der Waals surface area contributed by atoms with E-state index in [0.29, 0.717) is 48.9 Å². The number of benzene rings is 2. The summed E-state index contributed by atoms with van der Waals surface area (Å²) in [5.41, 5.74) is 2.05. The highest BCUT2D eigenvalue weighted by atomic mass is 19.4. The molecule has 1 fully saturated rings. The van der Waals surface area contributed by atoms with Crippen molar-refractivity contribution in [2.75, 3.05) is 26.7 Å². The zero-order valence-electron chi connectivity index (χ0n) is 18.5. The van der Waals surface area contributed by atoms with Crippen LogP contribution in [0.4, 0.5) is 18.0 Å². The fraction of sp³-hybridized carbons (Fsp3) is 0.458. The van der Waals surface area contributed by atoms with Gasteiger partial charge in [0.2, 0.25) is 13.6 Å². The average Bonchev–Trinajstić information content (AvgIpc) is 3.47. The Hall–Kier alpha value is -3.30. The van der Waals surface area contributed by atoms with Crippen LogP contribution in [0.25, 0.3) is 0 Å². The summed E-state index contributed by atoms with van der Waals surface area (Å²) in [6, 6.07) is 11.7. The van der Waals surface area contributed by atoms with Crippen LogP contribution in [-0.2, 0) is 4.74 Å². The molecule has 0 bridgehead atoms. The van der Waals surface area contributed by atoms with E-state index in [-0.39, 0.29) is 25.4 Å². The normalized spacial score (nSPS) is 18.3. The fourth-order valence-electron chi connectivity index (χ4n) is 4.66. The second kappa shape index (κ2) is 8.81. The molecule has 1 amide bonds. The minimum Gasteiger partial charge on any atom is -0.454 e. The molecule has 1 atom stereocenters. The van der Waals surface area contributed by atoms with Crippen molar-refractivity contribution < 1.29 is 41.7 Å². The van der Waals surface area contributed by atoms with E-state index in [2.05, 4.69) is 4.74 Å². The molecule has 3 aliphatic heterocycles. The zero-order valence-corrected chi connectivity index (χ0v) is 18.5. The number of alkyl halides is 3. The van der Waals surface area contributed by atoms with Gasteiger partial charge in [-0.25, -0.2) is 4.79 Å². The number of piperidine rings is 1. The molecular formula is C24H24F3NO6. The lowest BCUT2D eigenvalue weighted by Gasteiger charge is -2.36. The lowest BCUT2D eigenvalue weighted by Crippen LogP contribution is -2.43. The molecule has 2 aromatic carbocycles. The van der Waals surface area contributed by atoms with Crippen LogP contribution in [0.3, 0.4) is 0 Å². The van der Waals surface area contributed by atoms with Crippen LogP contribution >= 0.6 is 0 Å². The number of amides is 1. The standard InChI is InChI=1S/C24H24F3NO6/c1-14(24(25,26)27)34-23(29)28-8-6-15(7-9-28)22(16-2-4-18-20(10-16)32-12-30-18)17-3-5-19-21(11-17)33-13-31-19/h2-5,10-11,14-15,22H,6-9,12-13H2,1H3. The number of carbonyl (C=O) groups excluding carboxylic acids is 1. The molecule has 34 heavy (non-hydrogen) atoms. The third kappa shape index (κ3) is 4.41. The van der Waals surface area contributed by atoms with E-state index < -0.39 is 18.4 Å². The number of likely N-dealkylation sites (tertiary alicyclic amines) is 1. The van der Waals surface area contributed by atoms with Crippen molar-refractivity contribution in [3.63, 3.8) is 0 Å². The van der Waals surface area contributed by atoms with Crippen LogP contribution in [0.5, 0.6) is 23.0 Å². The van der Waals surface area contributed by atoms with Crippen molar-refractivity contribution in [2.45, 2.75) is 38.0 Å². The molecule has 5 rings (SSSR count). The maximum atomic E-state index is 12.8. The zero-order chi connectivity index (χ0) is 23.9. The third-order valence-electron chi connectivity index (χ3n) is 6.52. The van der Waals surface area contributed by atoms with Crippen LogP contribution in [-0.4, -0.2) is 49.9 Å². The first-order valence-electron chi connectivity index (χ1n) is 11.1. The number of rotatable bonds is 4. The summed E-state index contributed by atoms with van der Waals surface area (Å²) in [5.74, 6) is 2.80. The van der Waals surface area contributed by atoms with Crippen LogP contribution < -0.4 is 18.9 Å². The molecule has 0 saturated carbocycles. The van der Waals surface area contributed by atoms with E-state index in [9.17, 15) is 18.0 Å². The second-order valence-corrected chi connectivity index (χ2v) is 8.60. The molecule has 0 aliphatic carbocycles. The van der Waals surface area contributed by atoms with Gasteiger partial charge in [0.05, 0.1) is 0 Å². The molecule has 0 spiro atoms. The molecule has 0 N–H and O–H groups in total. The second-order valence-electron chi connectivity index (χ2n) is 8.60. The first-order valence-corrected chi connectivity index (χ1v) is 11.1. The van der Waals surface area contributed by atoms with Gasteiger partial charge in [0.1, 0.15) is 0 Å². The molecule has 10 heteroatoms. The van der Waals surface area contributed by atoms with E-state index in [0.717, 1.165) is 18.1 Å². The Morgan fingerprint density at radius 3 is 1.91 bits per heavy atom. The van der Waals surface area contributed by atoms with Gasteiger partial charge in [-0.1, -0.05) is 12.1 Å². The summed E-state index contributed by atoms with van der Waals surface area (Å²) in [4.78, 5) is 13.6. The Kier molecular flexibility index (Phi) is 5.83. The topological polar surface area (TPSA) is 66.5 Å². The predicted octanol–water partition coefficient (Wildman–Crippen LogP) is 5.08. The Morgan fingerprint density at radius 1 is 0.912 bits per heavy atom. The highest BCUT2D eigenvalue weighted by Crippen LogP contribution is 2.44. The summed E-state index contributed by atoms with van der Waals surface area (Å²) in [6.07, 6.45) is -6.47. The van der Waals surface area contributed by atoms with Gasteiger partial charge < -0.3 is 28.6 Å². The Morgan fingerprint density at radius 2 is 1.41 bits per heavy atom. The molecule has 2 aromatic rings. The Labute approximate surface area is 194 Å². The minimum absolute atomic E-state index is 0.0451. The molecule has 0 radical (unpaired) electrons. The highest BCUT2D eigenvalue weighted by Gasteiger charge is 2.41. The van der Waals surface area contributed by atoms with Gasteiger partial charge in [0, 0.05) is 19.0 Å². The summed E-state index contributed by atoms with van der Waals surface area (Å²) in [5, 5.41) is 0. The maximum absolute atomic E-state index is 12.8. The number of hydrogen-bond donors (Lipinski definition) is 0. The van der Waals surface area contributed by atoms with Gasteiger partial charge in [0.25, 0.3) is 0 Å². The van der Waals surface area contributed by atoms with Gasteiger partial charge >= 0.3 is 12.3 Å². The smallest absolute Gasteiger partial charge is 0.425 e. The number of fused-ring (bicyclic) bond motifs is 2. The molecule has 3 heterocycles. The quantitative estimate of drug-likeness (QED) is 0.610. The predicted molar refractivity (Wildman–Crippen MR) is 113 cm³/mol. The van der Waals surface area contributed by atoms with Gasteiger partial charge in [-0.2, -0.15) is 13.2 Å². The van der Waals surface area contributed by atoms with Crippen LogP contribution in [0, 0.1) is 5.92 Å². The monoisotopic (exact) mass is 479 g/mol.